The molecular formula is C14H18N2O2. The molecule has 0 aliphatic heterocycles. The van der Waals surface area contributed by atoms with Gasteiger partial charge in [-0.1, -0.05) is 12.6 Å². The van der Waals surface area contributed by atoms with E-state index in [0.717, 1.165) is 5.56 Å². The lowest BCUT2D eigenvalue weighted by atomic mass is 10.1. The Morgan fingerprint density at radius 1 is 1.39 bits per heavy atom. The van der Waals surface area contributed by atoms with E-state index in [4.69, 9.17) is 14.7 Å². The highest BCUT2D eigenvalue weighted by atomic mass is 16.5. The molecule has 0 bridgehead atoms. The van der Waals surface area contributed by atoms with E-state index in [1.807, 2.05) is 43.3 Å². The third-order valence-corrected chi connectivity index (χ3v) is 2.28. The standard InChI is InChI=1S/C14H18N2O2/c1-11(9-15)7-12-5-6-13(14(8-12)17-4)18-10-16(2)3/h5-6,8H,1,7,10H2,2-4H3. The first-order chi connectivity index (χ1) is 8.56. The highest BCUT2D eigenvalue weighted by molar-refractivity contribution is 5.44. The molecule has 96 valence electrons. The summed E-state index contributed by atoms with van der Waals surface area (Å²) in [7, 11) is 5.45. The van der Waals surface area contributed by atoms with Crippen LogP contribution in [0.15, 0.2) is 30.4 Å². The van der Waals surface area contributed by atoms with E-state index >= 15 is 0 Å². The first kappa shape index (κ1) is 14.1. The van der Waals surface area contributed by atoms with Crippen LogP contribution in [0.2, 0.25) is 0 Å². The molecule has 0 N–H and O–H groups in total. The maximum absolute atomic E-state index is 8.71. The first-order valence-corrected chi connectivity index (χ1v) is 5.59. The van der Waals surface area contributed by atoms with Gasteiger partial charge in [0.2, 0.25) is 0 Å². The number of allylic oxidation sites excluding steroid dienone is 1. The Morgan fingerprint density at radius 2 is 2.11 bits per heavy atom. The molecule has 0 radical (unpaired) electrons. The number of hydrogen-bond donors (Lipinski definition) is 0. The fraction of sp³-hybridized carbons (Fsp3) is 0.357. The Kier molecular flexibility index (Phi) is 5.22. The molecule has 0 atom stereocenters. The highest BCUT2D eigenvalue weighted by Crippen LogP contribution is 2.28. The molecule has 4 heteroatoms. The molecule has 18 heavy (non-hydrogen) atoms. The Morgan fingerprint density at radius 3 is 2.67 bits per heavy atom. The van der Waals surface area contributed by atoms with Crippen molar-refractivity contribution in [3.05, 3.63) is 35.9 Å². The van der Waals surface area contributed by atoms with Crippen LogP contribution in [0, 0.1) is 11.3 Å². The zero-order chi connectivity index (χ0) is 13.5. The van der Waals surface area contributed by atoms with Crippen LogP contribution in [-0.4, -0.2) is 32.8 Å². The predicted molar refractivity (Wildman–Crippen MR) is 70.6 cm³/mol. The van der Waals surface area contributed by atoms with Gasteiger partial charge in [0, 0.05) is 12.0 Å². The lowest BCUT2D eigenvalue weighted by molar-refractivity contribution is 0.173. The Hall–Kier alpha value is -1.99. The van der Waals surface area contributed by atoms with Crippen LogP contribution < -0.4 is 9.47 Å². The summed E-state index contributed by atoms with van der Waals surface area (Å²) in [5, 5.41) is 8.71. The number of ether oxygens (including phenoxy) is 2. The molecule has 0 aliphatic rings. The van der Waals surface area contributed by atoms with E-state index in [0.29, 0.717) is 30.2 Å². The van der Waals surface area contributed by atoms with E-state index < -0.39 is 0 Å². The number of nitrogens with zero attached hydrogens (tertiary/aromatic N) is 2. The molecule has 0 aliphatic carbocycles. The average molecular weight is 246 g/mol. The van der Waals surface area contributed by atoms with Crippen molar-refractivity contribution in [1.82, 2.24) is 4.90 Å². The quantitative estimate of drug-likeness (QED) is 0.570. The van der Waals surface area contributed by atoms with Gasteiger partial charge in [-0.05, 0) is 31.8 Å². The van der Waals surface area contributed by atoms with Gasteiger partial charge in [0.1, 0.15) is 6.73 Å². The average Bonchev–Trinajstić information content (AvgIpc) is 2.36. The van der Waals surface area contributed by atoms with Crippen molar-refractivity contribution in [2.75, 3.05) is 27.9 Å². The van der Waals surface area contributed by atoms with Crippen molar-refractivity contribution in [3.63, 3.8) is 0 Å². The second-order valence-electron chi connectivity index (χ2n) is 4.23. The summed E-state index contributed by atoms with van der Waals surface area (Å²) in [4.78, 5) is 1.92. The van der Waals surface area contributed by atoms with Crippen molar-refractivity contribution in [3.8, 4) is 17.6 Å². The smallest absolute Gasteiger partial charge is 0.163 e. The van der Waals surface area contributed by atoms with Crippen LogP contribution >= 0.6 is 0 Å². The van der Waals surface area contributed by atoms with Gasteiger partial charge in [-0.15, -0.1) is 0 Å². The fourth-order valence-corrected chi connectivity index (χ4v) is 1.43. The SMILES string of the molecule is C=C(C#N)Cc1ccc(OCN(C)C)c(OC)c1. The van der Waals surface area contributed by atoms with Gasteiger partial charge in [-0.25, -0.2) is 0 Å². The molecular weight excluding hydrogens is 228 g/mol. The van der Waals surface area contributed by atoms with Crippen LogP contribution in [0.25, 0.3) is 0 Å². The topological polar surface area (TPSA) is 45.5 Å². The number of methoxy groups -OCH3 is 1. The second kappa shape index (κ2) is 6.67. The molecule has 0 saturated carbocycles. The lowest BCUT2D eigenvalue weighted by Gasteiger charge is -2.15. The van der Waals surface area contributed by atoms with Gasteiger partial charge < -0.3 is 9.47 Å². The van der Waals surface area contributed by atoms with E-state index in [-0.39, 0.29) is 0 Å². The third-order valence-electron chi connectivity index (χ3n) is 2.28. The van der Waals surface area contributed by atoms with E-state index in [1.54, 1.807) is 7.11 Å². The van der Waals surface area contributed by atoms with Crippen LogP contribution in [-0.2, 0) is 6.42 Å². The number of nitriles is 1. The van der Waals surface area contributed by atoms with Gasteiger partial charge >= 0.3 is 0 Å². The number of rotatable bonds is 6. The maximum Gasteiger partial charge on any atom is 0.163 e. The van der Waals surface area contributed by atoms with Crippen LogP contribution in [0.5, 0.6) is 11.5 Å². The molecule has 0 spiro atoms. The normalized spacial score (nSPS) is 9.94. The molecule has 0 amide bonds. The largest absolute Gasteiger partial charge is 0.493 e. The van der Waals surface area contributed by atoms with E-state index in [1.165, 1.54) is 0 Å². The minimum absolute atomic E-state index is 0.487. The zero-order valence-corrected chi connectivity index (χ0v) is 11.1. The molecule has 0 unspecified atom stereocenters. The summed E-state index contributed by atoms with van der Waals surface area (Å²) >= 11 is 0. The van der Waals surface area contributed by atoms with Gasteiger partial charge in [0.25, 0.3) is 0 Å². The third kappa shape index (κ3) is 4.11. The Bertz CT molecular complexity index is 461. The van der Waals surface area contributed by atoms with Crippen molar-refractivity contribution < 1.29 is 9.47 Å². The Balaban J connectivity index is 2.83. The second-order valence-corrected chi connectivity index (χ2v) is 4.23. The van der Waals surface area contributed by atoms with E-state index in [9.17, 15) is 0 Å². The summed E-state index contributed by atoms with van der Waals surface area (Å²) in [6, 6.07) is 7.66. The summed E-state index contributed by atoms with van der Waals surface area (Å²) < 4.78 is 10.9. The maximum atomic E-state index is 8.71. The monoisotopic (exact) mass is 246 g/mol. The molecule has 1 aromatic rings. The van der Waals surface area contributed by atoms with Crippen molar-refractivity contribution in [1.29, 1.82) is 5.26 Å². The number of hydrogen-bond acceptors (Lipinski definition) is 4. The molecule has 0 saturated heterocycles. The Labute approximate surface area is 108 Å². The van der Waals surface area contributed by atoms with Crippen molar-refractivity contribution in [2.45, 2.75) is 6.42 Å². The molecule has 0 heterocycles. The van der Waals surface area contributed by atoms with Crippen molar-refractivity contribution >= 4 is 0 Å². The number of benzene rings is 1. The first-order valence-electron chi connectivity index (χ1n) is 5.59. The highest BCUT2D eigenvalue weighted by Gasteiger charge is 2.07. The minimum Gasteiger partial charge on any atom is -0.493 e. The summed E-state index contributed by atoms with van der Waals surface area (Å²) in [6.07, 6.45) is 0.529. The summed E-state index contributed by atoms with van der Waals surface area (Å²) in [6.45, 7) is 4.15. The molecule has 1 rings (SSSR count). The zero-order valence-electron chi connectivity index (χ0n) is 11.1. The predicted octanol–water partition coefficient (Wildman–Crippen LogP) is 2.22. The molecule has 0 fully saturated rings. The van der Waals surface area contributed by atoms with Gasteiger partial charge in [-0.3, -0.25) is 4.90 Å². The van der Waals surface area contributed by atoms with Crippen LogP contribution in [0.3, 0.4) is 0 Å². The van der Waals surface area contributed by atoms with Crippen LogP contribution in [0.4, 0.5) is 0 Å². The lowest BCUT2D eigenvalue weighted by Crippen LogP contribution is -2.18. The molecule has 1 aromatic carbocycles. The minimum atomic E-state index is 0.487. The van der Waals surface area contributed by atoms with Gasteiger partial charge in [0.15, 0.2) is 11.5 Å². The van der Waals surface area contributed by atoms with E-state index in [2.05, 4.69) is 6.58 Å². The van der Waals surface area contributed by atoms with Crippen LogP contribution in [0.1, 0.15) is 5.56 Å². The van der Waals surface area contributed by atoms with Crippen molar-refractivity contribution in [2.24, 2.45) is 0 Å². The summed E-state index contributed by atoms with van der Waals surface area (Å²) in [5.41, 5.74) is 1.51. The fourth-order valence-electron chi connectivity index (χ4n) is 1.43. The molecule has 0 aromatic heterocycles. The molecule has 4 nitrogen and oxygen atoms in total. The van der Waals surface area contributed by atoms with Gasteiger partial charge in [-0.2, -0.15) is 5.26 Å². The summed E-state index contributed by atoms with van der Waals surface area (Å²) in [5.74, 6) is 1.36. The van der Waals surface area contributed by atoms with Gasteiger partial charge in [0.05, 0.1) is 13.2 Å².